The second kappa shape index (κ2) is 10.00. The Morgan fingerprint density at radius 1 is 0.341 bits per heavy atom. The van der Waals surface area contributed by atoms with Crippen LogP contribution in [0.1, 0.15) is 0 Å². The number of rotatable bonds is 10. The summed E-state index contributed by atoms with van der Waals surface area (Å²) in [4.78, 5) is 0. The van der Waals surface area contributed by atoms with Crippen molar-refractivity contribution in [3.8, 4) is 0 Å². The van der Waals surface area contributed by atoms with Crippen LogP contribution in [0.15, 0.2) is 0 Å². The highest BCUT2D eigenvalue weighted by Crippen LogP contribution is 2.60. The van der Waals surface area contributed by atoms with Gasteiger partial charge >= 0.3 is 71.8 Å². The van der Waals surface area contributed by atoms with Crippen LogP contribution in [-0.4, -0.2) is 76.9 Å². The molecule has 0 aromatic carbocycles. The van der Waals surface area contributed by atoms with Gasteiger partial charge in [0.15, 0.2) is 0 Å². The Morgan fingerprint density at radius 3 is 0.756 bits per heavy atom. The third-order valence-electron chi connectivity index (χ3n) is 3.77. The molecule has 0 saturated heterocycles. The number of alkyl halides is 25. The van der Waals surface area contributed by atoms with Crippen molar-refractivity contribution < 1.29 is 125 Å². The first kappa shape index (κ1) is 39.4. The molecule has 0 aromatic heterocycles. The summed E-state index contributed by atoms with van der Waals surface area (Å²) in [5.74, 6) is -33.1. The molecule has 0 heterocycles. The first-order chi connectivity index (χ1) is 17.1. The molecule has 0 amide bonds. The molecule has 0 saturated carbocycles. The van der Waals surface area contributed by atoms with E-state index in [1.54, 1.807) is 0 Å². The third kappa shape index (κ3) is 6.53. The van der Waals surface area contributed by atoms with E-state index in [2.05, 4.69) is 11.6 Å². The molecule has 29 heteroatoms. The van der Waals surface area contributed by atoms with Crippen molar-refractivity contribution in [2.45, 2.75) is 71.8 Å². The number of halogens is 25. The highest BCUT2D eigenvalue weighted by molar-refractivity contribution is 6.22. The van der Waals surface area contributed by atoms with Gasteiger partial charge in [0.05, 0.1) is 0 Å². The molecule has 0 rings (SSSR count). The lowest BCUT2D eigenvalue weighted by Gasteiger charge is -2.43. The van der Waals surface area contributed by atoms with Crippen LogP contribution in [0.25, 0.3) is 0 Å². The Hall–Kier alpha value is -1.55. The number of aliphatic hydroxyl groups is 1. The molecular weight excluding hydrogens is 700 g/mol. The van der Waals surface area contributed by atoms with Crippen LogP contribution in [0.2, 0.25) is 0 Å². The minimum absolute atomic E-state index is 1.00. The molecule has 0 aromatic rings. The molecule has 1 N–H and O–H groups in total. The van der Waals surface area contributed by atoms with Crippen molar-refractivity contribution in [1.82, 2.24) is 0 Å². The fourth-order valence-corrected chi connectivity index (χ4v) is 1.88. The lowest BCUT2D eigenvalue weighted by Crippen LogP contribution is -2.71. The molecule has 248 valence electrons. The van der Waals surface area contributed by atoms with Crippen molar-refractivity contribution in [3.05, 3.63) is 0 Å². The van der Waals surface area contributed by atoms with Crippen LogP contribution in [0.3, 0.4) is 0 Å². The smallest absolute Gasteiger partial charge is 0.348 e. The zero-order valence-corrected chi connectivity index (χ0v) is 17.9. The Balaban J connectivity index is 7.31. The van der Waals surface area contributed by atoms with Gasteiger partial charge in [-0.1, -0.05) is 0 Å². The van der Waals surface area contributed by atoms with Crippen molar-refractivity contribution in [1.29, 1.82) is 0 Å². The molecule has 0 radical (unpaired) electrons. The summed E-state index contributed by atoms with van der Waals surface area (Å²) in [5, 5.41) is 0.788. The molecule has 41 heavy (non-hydrogen) atoms. The normalized spacial score (nSPS) is 21.5. The first-order valence-corrected chi connectivity index (χ1v) is 8.55. The fraction of sp³-hybridized carbons (Fsp3) is 1.00. The molecule has 4 nitrogen and oxygen atoms in total. The minimum atomic E-state index is -8.80. The Bertz CT molecular complexity index is 913. The highest BCUT2D eigenvalue weighted by atomic mass is 35.5. The predicted molar refractivity (Wildman–Crippen MR) is 70.7 cm³/mol. The van der Waals surface area contributed by atoms with Crippen LogP contribution in [-0.2, 0) is 14.2 Å². The summed E-state index contributed by atoms with van der Waals surface area (Å²) in [6, 6.07) is 0. The second-order valence-corrected chi connectivity index (χ2v) is 7.23. The van der Waals surface area contributed by atoms with Gasteiger partial charge in [-0.15, -0.1) is 0 Å². The summed E-state index contributed by atoms with van der Waals surface area (Å²) in [7, 11) is 0. The van der Waals surface area contributed by atoms with Gasteiger partial charge in [-0.3, -0.25) is 14.2 Å². The summed E-state index contributed by atoms with van der Waals surface area (Å²) >= 11 is 3.37. The van der Waals surface area contributed by atoms with E-state index >= 15 is 0 Å². The quantitative estimate of drug-likeness (QED) is 0.189. The predicted octanol–water partition coefficient (Wildman–Crippen LogP) is 7.55. The Kier molecular flexibility index (Phi) is 9.62. The molecule has 0 bridgehead atoms. The van der Waals surface area contributed by atoms with E-state index in [1.807, 2.05) is 0 Å². The lowest BCUT2D eigenvalue weighted by atomic mass is 10.2. The number of hydrogen-bond acceptors (Lipinski definition) is 4. The largest absolute Gasteiger partial charge is 0.458 e. The average Bonchev–Trinajstić information content (AvgIpc) is 2.61. The van der Waals surface area contributed by atoms with E-state index < -0.39 is 71.8 Å². The van der Waals surface area contributed by atoms with Crippen LogP contribution < -0.4 is 0 Å². The Labute approximate surface area is 209 Å². The van der Waals surface area contributed by atoms with Crippen LogP contribution in [0.5, 0.6) is 0 Å². The standard InChI is InChI=1S/C12HClF24O4/c13-5(18,19)2(15,7(23,24)25)39-11(34,35)4(17,9(29,30)31)41-12(36,37)3(16,8(26,27)28)40-10(32,33)1(14,38)6(20,21)22/h38H. The van der Waals surface area contributed by atoms with E-state index in [1.165, 1.54) is 4.74 Å². The van der Waals surface area contributed by atoms with Gasteiger partial charge < -0.3 is 5.11 Å². The van der Waals surface area contributed by atoms with Crippen molar-refractivity contribution in [2.24, 2.45) is 0 Å². The maximum Gasteiger partial charge on any atom is 0.458 e. The molecule has 0 aliphatic rings. The molecule has 4 unspecified atom stereocenters. The van der Waals surface area contributed by atoms with Crippen LogP contribution in [0, 0.1) is 0 Å². The second-order valence-electron chi connectivity index (χ2n) is 6.75. The topological polar surface area (TPSA) is 47.9 Å². The lowest BCUT2D eigenvalue weighted by molar-refractivity contribution is -0.584. The van der Waals surface area contributed by atoms with E-state index in [0.717, 1.165) is 9.47 Å². The van der Waals surface area contributed by atoms with Crippen molar-refractivity contribution >= 4 is 11.6 Å². The van der Waals surface area contributed by atoms with E-state index in [-0.39, 0.29) is 0 Å². The average molecular weight is 701 g/mol. The maximum atomic E-state index is 14.0. The van der Waals surface area contributed by atoms with Crippen LogP contribution in [0.4, 0.5) is 105 Å². The molecule has 0 fully saturated rings. The van der Waals surface area contributed by atoms with E-state index in [9.17, 15) is 105 Å². The SMILES string of the molecule is OC(F)(C(F)(F)F)C(F)(F)OC(F)(C(F)(F)F)C(F)(F)OC(F)(C(F)(F)F)C(F)(F)OC(F)(C(F)(F)F)C(F)(F)Cl. The minimum Gasteiger partial charge on any atom is -0.348 e. The zero-order valence-electron chi connectivity index (χ0n) is 17.1. The van der Waals surface area contributed by atoms with Gasteiger partial charge in [0.1, 0.15) is 0 Å². The van der Waals surface area contributed by atoms with Crippen LogP contribution >= 0.6 is 11.6 Å². The third-order valence-corrected chi connectivity index (χ3v) is 4.02. The molecule has 4 atom stereocenters. The monoisotopic (exact) mass is 700 g/mol. The first-order valence-electron chi connectivity index (χ1n) is 8.17. The molecule has 0 aliphatic carbocycles. The van der Waals surface area contributed by atoms with Gasteiger partial charge in [0.2, 0.25) is 0 Å². The van der Waals surface area contributed by atoms with Gasteiger partial charge in [0, 0.05) is 0 Å². The van der Waals surface area contributed by atoms with Gasteiger partial charge in [0.25, 0.3) is 0 Å². The number of ether oxygens (including phenoxy) is 3. The Morgan fingerprint density at radius 2 is 0.561 bits per heavy atom. The van der Waals surface area contributed by atoms with Gasteiger partial charge in [-0.2, -0.15) is 105 Å². The maximum absolute atomic E-state index is 14.0. The summed E-state index contributed by atoms with van der Waals surface area (Å²) in [6.07, 6.45) is -58.1. The fourth-order valence-electron chi connectivity index (χ4n) is 1.73. The summed E-state index contributed by atoms with van der Waals surface area (Å²) < 4.78 is 315. The zero-order chi connectivity index (χ0) is 34.1. The van der Waals surface area contributed by atoms with Crippen molar-refractivity contribution in [3.63, 3.8) is 0 Å². The highest BCUT2D eigenvalue weighted by Gasteiger charge is 2.88. The van der Waals surface area contributed by atoms with E-state index in [0.29, 0.717) is 0 Å². The summed E-state index contributed by atoms with van der Waals surface area (Å²) in [6.45, 7) is 0. The van der Waals surface area contributed by atoms with Gasteiger partial charge in [-0.25, -0.2) is 0 Å². The van der Waals surface area contributed by atoms with Gasteiger partial charge in [-0.05, 0) is 11.6 Å². The molecular formula is C12HClF24O4. The number of hydrogen-bond donors (Lipinski definition) is 1. The molecule has 0 spiro atoms. The summed E-state index contributed by atoms with van der Waals surface area (Å²) in [5.41, 5.74) is 0. The molecule has 0 aliphatic heterocycles. The van der Waals surface area contributed by atoms with Crippen molar-refractivity contribution in [2.75, 3.05) is 0 Å². The van der Waals surface area contributed by atoms with E-state index in [4.69, 9.17) is 5.11 Å².